The Morgan fingerprint density at radius 2 is 0.762 bits per heavy atom. The molecule has 0 unspecified atom stereocenters. The molecule has 4 heteroatoms. The van der Waals surface area contributed by atoms with Crippen LogP contribution in [-0.4, -0.2) is 12.1 Å². The van der Waals surface area contributed by atoms with Gasteiger partial charge in [-0.2, -0.15) is 0 Å². The van der Waals surface area contributed by atoms with Gasteiger partial charge in [-0.15, -0.1) is 0 Å². The second kappa shape index (κ2) is 11.4. The number of aryl methyl sites for hydroxylation is 2. The molecule has 0 atom stereocenters. The van der Waals surface area contributed by atoms with E-state index in [1.165, 1.54) is 24.3 Å². The van der Waals surface area contributed by atoms with Crippen molar-refractivity contribution in [2.75, 3.05) is 7.11 Å². The van der Waals surface area contributed by atoms with E-state index in [4.69, 9.17) is 9.72 Å². The lowest BCUT2D eigenvalue weighted by molar-refractivity contribution is 0.415. The zero-order chi connectivity index (χ0) is 29.2. The first-order valence-corrected chi connectivity index (χ1v) is 13.8. The second-order valence-corrected chi connectivity index (χ2v) is 10.4. The number of aromatic nitrogens is 1. The summed E-state index contributed by atoms with van der Waals surface area (Å²) in [6, 6.07) is 37.6. The Balaban J connectivity index is 1.82. The van der Waals surface area contributed by atoms with Crippen LogP contribution < -0.4 is 4.74 Å². The van der Waals surface area contributed by atoms with E-state index in [-0.39, 0.29) is 11.6 Å². The molecule has 0 aliphatic heterocycles. The normalized spacial score (nSPS) is 11.0. The zero-order valence-corrected chi connectivity index (χ0v) is 23.7. The van der Waals surface area contributed by atoms with Gasteiger partial charge >= 0.3 is 0 Å². The molecule has 6 rings (SSSR count). The highest BCUT2D eigenvalue weighted by atomic mass is 19.1. The molecule has 206 valence electrons. The van der Waals surface area contributed by atoms with Crippen molar-refractivity contribution >= 4 is 0 Å². The largest absolute Gasteiger partial charge is 0.497 e. The summed E-state index contributed by atoms with van der Waals surface area (Å²) >= 11 is 0. The minimum absolute atomic E-state index is 0.318. The van der Waals surface area contributed by atoms with Crippen molar-refractivity contribution in [3.63, 3.8) is 0 Å². The highest BCUT2D eigenvalue weighted by molar-refractivity contribution is 6.04. The van der Waals surface area contributed by atoms with Crippen LogP contribution >= 0.6 is 0 Å². The van der Waals surface area contributed by atoms with E-state index in [1.807, 2.05) is 24.3 Å². The molecule has 1 aromatic heterocycles. The monoisotopic (exact) mass is 553 g/mol. The standard InChI is InChI=1S/C38H29F2NO/c1-24-4-8-27(9-5-24)35-34(26-16-22-33(42-3)23-17-26)36(28-10-6-25(2)7-11-28)38(30-14-20-32(40)21-15-30)41-37(35)29-12-18-31(39)19-13-29/h4-23H,1-3H3. The topological polar surface area (TPSA) is 22.1 Å². The van der Waals surface area contributed by atoms with Gasteiger partial charge in [0.15, 0.2) is 0 Å². The summed E-state index contributed by atoms with van der Waals surface area (Å²) in [7, 11) is 1.65. The highest BCUT2D eigenvalue weighted by Crippen LogP contribution is 2.48. The van der Waals surface area contributed by atoms with E-state index >= 15 is 0 Å². The third-order valence-corrected chi connectivity index (χ3v) is 7.49. The molecule has 6 aromatic rings. The second-order valence-electron chi connectivity index (χ2n) is 10.4. The summed E-state index contributed by atoms with van der Waals surface area (Å²) < 4.78 is 33.7. The molecular formula is C38H29F2NO. The quantitative estimate of drug-likeness (QED) is 0.205. The Bertz CT molecular complexity index is 1730. The predicted octanol–water partition coefficient (Wildman–Crippen LogP) is 10.3. The van der Waals surface area contributed by atoms with Crippen LogP contribution in [-0.2, 0) is 0 Å². The van der Waals surface area contributed by atoms with Crippen molar-refractivity contribution in [1.82, 2.24) is 4.98 Å². The molecule has 42 heavy (non-hydrogen) atoms. The summed E-state index contributed by atoms with van der Waals surface area (Å²) in [6.07, 6.45) is 0. The molecular weight excluding hydrogens is 524 g/mol. The lowest BCUT2D eigenvalue weighted by atomic mass is 9.83. The molecule has 2 nitrogen and oxygen atoms in total. The van der Waals surface area contributed by atoms with E-state index in [0.717, 1.165) is 61.4 Å². The van der Waals surface area contributed by atoms with Crippen LogP contribution in [0, 0.1) is 25.5 Å². The first-order valence-electron chi connectivity index (χ1n) is 13.8. The van der Waals surface area contributed by atoms with E-state index in [2.05, 4.69) is 62.4 Å². The van der Waals surface area contributed by atoms with E-state index in [9.17, 15) is 8.78 Å². The maximum Gasteiger partial charge on any atom is 0.123 e. The van der Waals surface area contributed by atoms with Crippen molar-refractivity contribution in [2.45, 2.75) is 13.8 Å². The van der Waals surface area contributed by atoms with Gasteiger partial charge in [-0.25, -0.2) is 13.8 Å². The maximum atomic E-state index is 14.1. The Labute approximate surface area is 244 Å². The molecule has 0 amide bonds. The van der Waals surface area contributed by atoms with E-state index < -0.39 is 0 Å². The van der Waals surface area contributed by atoms with Gasteiger partial charge in [0, 0.05) is 27.8 Å². The van der Waals surface area contributed by atoms with Gasteiger partial charge in [0.05, 0.1) is 18.5 Å². The molecule has 0 aliphatic carbocycles. The number of benzene rings is 5. The van der Waals surface area contributed by atoms with Crippen molar-refractivity contribution in [1.29, 1.82) is 0 Å². The van der Waals surface area contributed by atoms with Crippen LogP contribution in [0.1, 0.15) is 11.1 Å². The van der Waals surface area contributed by atoms with Gasteiger partial charge < -0.3 is 4.74 Å². The Morgan fingerprint density at radius 3 is 1.14 bits per heavy atom. The first kappa shape index (κ1) is 27.1. The summed E-state index contributed by atoms with van der Waals surface area (Å²) in [5.41, 5.74) is 11.0. The van der Waals surface area contributed by atoms with Crippen molar-refractivity contribution in [3.05, 3.63) is 144 Å². The molecule has 0 saturated carbocycles. The third-order valence-electron chi connectivity index (χ3n) is 7.49. The lowest BCUT2D eigenvalue weighted by Crippen LogP contribution is -2.02. The minimum atomic E-state index is -0.318. The number of rotatable bonds is 6. The maximum absolute atomic E-state index is 14.1. The van der Waals surface area contributed by atoms with Gasteiger partial charge in [0.25, 0.3) is 0 Å². The van der Waals surface area contributed by atoms with Crippen LogP contribution in [0.5, 0.6) is 5.75 Å². The van der Waals surface area contributed by atoms with Crippen molar-refractivity contribution in [2.24, 2.45) is 0 Å². The molecule has 1 heterocycles. The predicted molar refractivity (Wildman–Crippen MR) is 167 cm³/mol. The number of nitrogens with zero attached hydrogens (tertiary/aromatic N) is 1. The fourth-order valence-electron chi connectivity index (χ4n) is 5.27. The zero-order valence-electron chi connectivity index (χ0n) is 23.7. The Hall–Kier alpha value is -5.09. The number of halogens is 2. The lowest BCUT2D eigenvalue weighted by Gasteiger charge is -2.23. The number of hydrogen-bond donors (Lipinski definition) is 0. The highest BCUT2D eigenvalue weighted by Gasteiger charge is 2.25. The molecule has 0 saturated heterocycles. The Kier molecular flexibility index (Phi) is 7.37. The minimum Gasteiger partial charge on any atom is -0.497 e. The molecule has 0 spiro atoms. The van der Waals surface area contributed by atoms with Crippen LogP contribution in [0.25, 0.3) is 55.9 Å². The number of pyridine rings is 1. The summed E-state index contributed by atoms with van der Waals surface area (Å²) in [6.45, 7) is 4.12. The van der Waals surface area contributed by atoms with Crippen molar-refractivity contribution < 1.29 is 13.5 Å². The molecule has 5 aromatic carbocycles. The number of methoxy groups -OCH3 is 1. The van der Waals surface area contributed by atoms with Crippen LogP contribution in [0.2, 0.25) is 0 Å². The average Bonchev–Trinajstić information content (AvgIpc) is 3.02. The van der Waals surface area contributed by atoms with Gasteiger partial charge in [-0.3, -0.25) is 0 Å². The molecule has 0 bridgehead atoms. The number of hydrogen-bond acceptors (Lipinski definition) is 2. The smallest absolute Gasteiger partial charge is 0.123 e. The molecule has 0 fully saturated rings. The molecule has 0 N–H and O–H groups in total. The van der Waals surface area contributed by atoms with Crippen LogP contribution in [0.15, 0.2) is 121 Å². The summed E-state index contributed by atoms with van der Waals surface area (Å²) in [5, 5.41) is 0. The summed E-state index contributed by atoms with van der Waals surface area (Å²) in [5.74, 6) is 0.112. The van der Waals surface area contributed by atoms with Gasteiger partial charge in [0.1, 0.15) is 17.4 Å². The van der Waals surface area contributed by atoms with Gasteiger partial charge in [-0.1, -0.05) is 71.8 Å². The van der Waals surface area contributed by atoms with Crippen molar-refractivity contribution in [3.8, 4) is 61.6 Å². The first-order chi connectivity index (χ1) is 20.4. The average molecular weight is 554 g/mol. The fourth-order valence-corrected chi connectivity index (χ4v) is 5.27. The molecule has 0 aliphatic rings. The van der Waals surface area contributed by atoms with Gasteiger partial charge in [0.2, 0.25) is 0 Å². The van der Waals surface area contributed by atoms with Crippen LogP contribution in [0.3, 0.4) is 0 Å². The summed E-state index contributed by atoms with van der Waals surface area (Å²) in [4.78, 5) is 5.32. The molecule has 0 radical (unpaired) electrons. The SMILES string of the molecule is COc1ccc(-c2c(-c3ccc(C)cc3)c(-c3ccc(F)cc3)nc(-c3ccc(F)cc3)c2-c2ccc(C)cc2)cc1. The fraction of sp³-hybridized carbons (Fsp3) is 0.0789. The third kappa shape index (κ3) is 5.31. The van der Waals surface area contributed by atoms with E-state index in [1.54, 1.807) is 31.4 Å². The number of ether oxygens (including phenoxy) is 1. The van der Waals surface area contributed by atoms with Gasteiger partial charge in [-0.05, 0) is 91.2 Å². The Morgan fingerprint density at radius 1 is 0.429 bits per heavy atom. The van der Waals surface area contributed by atoms with Crippen LogP contribution in [0.4, 0.5) is 8.78 Å². The van der Waals surface area contributed by atoms with E-state index in [0.29, 0.717) is 11.4 Å².